The van der Waals surface area contributed by atoms with E-state index in [1.807, 2.05) is 66.7 Å². The fourth-order valence-corrected chi connectivity index (χ4v) is 4.71. The number of phenols is 2. The first-order valence-electron chi connectivity index (χ1n) is 12.6. The number of aliphatic imine (C=N–C) groups is 2. The van der Waals surface area contributed by atoms with Crippen molar-refractivity contribution in [1.29, 1.82) is 0 Å². The van der Waals surface area contributed by atoms with Crippen LogP contribution in [0.1, 0.15) is 11.1 Å². The van der Waals surface area contributed by atoms with Crippen molar-refractivity contribution in [2.45, 2.75) is 0 Å². The lowest BCUT2D eigenvalue weighted by Gasteiger charge is -2.10. The second-order valence-electron chi connectivity index (χ2n) is 9.23. The molecule has 0 spiro atoms. The van der Waals surface area contributed by atoms with Crippen LogP contribution in [0, 0.1) is 0 Å². The van der Waals surface area contributed by atoms with Gasteiger partial charge in [-0.25, -0.2) is 9.98 Å². The van der Waals surface area contributed by atoms with E-state index in [2.05, 4.69) is 0 Å². The molecule has 1 aliphatic rings. The van der Waals surface area contributed by atoms with Crippen LogP contribution in [0.25, 0.3) is 28.0 Å². The van der Waals surface area contributed by atoms with Crippen LogP contribution >= 0.6 is 0 Å². The minimum atomic E-state index is -2.90. The maximum Gasteiger partial charge on any atom is 0.679 e. The number of rotatable bonds is 6. The van der Waals surface area contributed by atoms with Crippen molar-refractivity contribution >= 4 is 30.3 Å². The summed E-state index contributed by atoms with van der Waals surface area (Å²) in [6.45, 7) is 0. The smallest absolute Gasteiger partial charge is 0.508 e. The lowest BCUT2D eigenvalue weighted by atomic mass is 10.0. The van der Waals surface area contributed by atoms with Crippen LogP contribution < -0.4 is 0 Å². The lowest BCUT2D eigenvalue weighted by Crippen LogP contribution is -2.14. The molecule has 0 fully saturated rings. The highest BCUT2D eigenvalue weighted by atomic mass is 19.2. The van der Waals surface area contributed by atoms with Crippen molar-refractivity contribution in [3.63, 3.8) is 0 Å². The van der Waals surface area contributed by atoms with Gasteiger partial charge in [0.05, 0.1) is 5.71 Å². The number of nitrogens with zero attached hydrogens (tertiary/aromatic N) is 3. The molecule has 1 aliphatic heterocycles. The summed E-state index contributed by atoms with van der Waals surface area (Å²) in [5, 5.41) is 19.5. The summed E-state index contributed by atoms with van der Waals surface area (Å²) in [5.41, 5.74) is 4.93. The van der Waals surface area contributed by atoms with E-state index in [0.29, 0.717) is 28.2 Å². The van der Waals surface area contributed by atoms with Gasteiger partial charge in [-0.15, -0.1) is 0 Å². The third kappa shape index (κ3) is 4.83. The fourth-order valence-electron chi connectivity index (χ4n) is 4.71. The number of allylic oxidation sites excluding steroid dienone is 1. The Morgan fingerprint density at radius 3 is 1.77 bits per heavy atom. The van der Waals surface area contributed by atoms with Crippen molar-refractivity contribution in [1.82, 2.24) is 4.48 Å². The maximum atomic E-state index is 14.8. The Hall–Kier alpha value is -5.24. The van der Waals surface area contributed by atoms with E-state index < -0.39 is 7.40 Å². The molecule has 8 heteroatoms. The number of phenolic OH excluding ortho intramolecular Hbond substituents is 2. The van der Waals surface area contributed by atoms with Crippen molar-refractivity contribution in [2.75, 3.05) is 0 Å². The molecule has 0 saturated carbocycles. The van der Waals surface area contributed by atoms with Crippen LogP contribution in [0.4, 0.5) is 14.4 Å². The molecule has 0 amide bonds. The normalized spacial score (nSPS) is 13.8. The minimum Gasteiger partial charge on any atom is -0.508 e. The highest BCUT2D eigenvalue weighted by Crippen LogP contribution is 2.40. The first-order chi connectivity index (χ1) is 19.5. The Morgan fingerprint density at radius 1 is 0.650 bits per heavy atom. The van der Waals surface area contributed by atoms with E-state index in [-0.39, 0.29) is 23.0 Å². The molecule has 0 unspecified atom stereocenters. The molecule has 0 atom stereocenters. The zero-order valence-electron chi connectivity index (χ0n) is 21.1. The molecular weight excluding hydrogens is 507 g/mol. The quantitative estimate of drug-likeness (QED) is 0.222. The summed E-state index contributed by atoms with van der Waals surface area (Å²) in [7, 11) is -2.90. The molecule has 2 N–H and O–H groups in total. The van der Waals surface area contributed by atoms with Gasteiger partial charge >= 0.3 is 7.40 Å². The number of hydrogen-bond acceptors (Lipinski definition) is 3. The van der Waals surface area contributed by atoms with Crippen LogP contribution in [0.5, 0.6) is 11.5 Å². The number of hydrogen-bond donors (Lipinski definition) is 2. The summed E-state index contributed by atoms with van der Waals surface area (Å²) in [5.74, 6) is 0.537. The van der Waals surface area contributed by atoms with Gasteiger partial charge < -0.3 is 14.7 Å². The molecule has 1 aromatic heterocycles. The third-order valence-corrected chi connectivity index (χ3v) is 6.66. The van der Waals surface area contributed by atoms with E-state index in [0.717, 1.165) is 21.2 Å². The fraction of sp³-hybridized carbons (Fsp3) is 0. The van der Waals surface area contributed by atoms with Gasteiger partial charge in [-0.1, -0.05) is 60.7 Å². The predicted octanol–water partition coefficient (Wildman–Crippen LogP) is 7.62. The predicted molar refractivity (Wildman–Crippen MR) is 156 cm³/mol. The molecule has 40 heavy (non-hydrogen) atoms. The van der Waals surface area contributed by atoms with Crippen LogP contribution in [0.15, 0.2) is 131 Å². The SMILES string of the molecule is Oc1ccc(C2=NC(=Nc3c(-c4ccccc4)cc(-c4ccc(O)cc4)n3B(F)F)C(c3ccccc3)=C2)cc1. The van der Waals surface area contributed by atoms with Gasteiger partial charge in [-0.3, -0.25) is 8.63 Å². The molecule has 0 bridgehead atoms. The topological polar surface area (TPSA) is 70.1 Å². The Balaban J connectivity index is 1.59. The summed E-state index contributed by atoms with van der Waals surface area (Å²) in [4.78, 5) is 9.59. The molecule has 4 aromatic carbocycles. The molecule has 5 aromatic rings. The van der Waals surface area contributed by atoms with Crippen LogP contribution in [-0.2, 0) is 0 Å². The number of benzene rings is 4. The van der Waals surface area contributed by atoms with Gasteiger partial charge in [0.1, 0.15) is 17.3 Å². The van der Waals surface area contributed by atoms with Gasteiger partial charge in [0.25, 0.3) is 0 Å². The van der Waals surface area contributed by atoms with Gasteiger partial charge in [-0.2, -0.15) is 0 Å². The second kappa shape index (κ2) is 10.5. The Labute approximate surface area is 229 Å². The van der Waals surface area contributed by atoms with Crippen LogP contribution in [0.3, 0.4) is 0 Å². The summed E-state index contributed by atoms with van der Waals surface area (Å²) in [6, 6.07) is 33.2. The number of aromatic nitrogens is 1. The number of amidine groups is 1. The Morgan fingerprint density at radius 2 is 1.20 bits per heavy atom. The van der Waals surface area contributed by atoms with Gasteiger partial charge in [-0.05, 0) is 77.4 Å². The number of aromatic hydroxyl groups is 2. The minimum absolute atomic E-state index is 0.0438. The van der Waals surface area contributed by atoms with Crippen LogP contribution in [0.2, 0.25) is 0 Å². The first kappa shape index (κ1) is 25.1. The highest BCUT2D eigenvalue weighted by molar-refractivity contribution is 6.43. The van der Waals surface area contributed by atoms with E-state index in [9.17, 15) is 18.8 Å². The molecular formula is C32H22BF2N3O2. The highest BCUT2D eigenvalue weighted by Gasteiger charge is 2.29. The van der Waals surface area contributed by atoms with Gasteiger partial charge in [0.15, 0.2) is 5.84 Å². The van der Waals surface area contributed by atoms with Gasteiger partial charge in [0, 0.05) is 22.4 Å². The molecule has 5 nitrogen and oxygen atoms in total. The maximum absolute atomic E-state index is 14.8. The van der Waals surface area contributed by atoms with Crippen molar-refractivity contribution in [3.8, 4) is 33.9 Å². The molecule has 0 aliphatic carbocycles. The van der Waals surface area contributed by atoms with Crippen molar-refractivity contribution in [2.24, 2.45) is 9.98 Å². The zero-order chi connectivity index (χ0) is 27.6. The Kier molecular flexibility index (Phi) is 6.58. The average Bonchev–Trinajstić information content (AvgIpc) is 3.57. The van der Waals surface area contributed by atoms with Crippen molar-refractivity contribution in [3.05, 3.63) is 132 Å². The first-order valence-corrected chi connectivity index (χ1v) is 12.6. The van der Waals surface area contributed by atoms with E-state index in [1.165, 1.54) is 12.1 Å². The Bertz CT molecular complexity index is 1760. The van der Waals surface area contributed by atoms with E-state index in [1.54, 1.807) is 42.5 Å². The number of halogens is 2. The van der Waals surface area contributed by atoms with E-state index >= 15 is 0 Å². The molecule has 0 radical (unpaired) electrons. The average molecular weight is 529 g/mol. The summed E-state index contributed by atoms with van der Waals surface area (Å²) in [6.07, 6.45) is 1.87. The lowest BCUT2D eigenvalue weighted by molar-refractivity contribution is 0.475. The molecule has 6 rings (SSSR count). The largest absolute Gasteiger partial charge is 0.679 e. The molecule has 194 valence electrons. The summed E-state index contributed by atoms with van der Waals surface area (Å²) >= 11 is 0. The molecule has 2 heterocycles. The van der Waals surface area contributed by atoms with Crippen LogP contribution in [-0.4, -0.2) is 33.6 Å². The summed E-state index contributed by atoms with van der Waals surface area (Å²) < 4.78 is 30.6. The van der Waals surface area contributed by atoms with Gasteiger partial charge in [0.2, 0.25) is 0 Å². The third-order valence-electron chi connectivity index (χ3n) is 6.66. The molecule has 0 saturated heterocycles. The zero-order valence-corrected chi connectivity index (χ0v) is 21.1. The van der Waals surface area contributed by atoms with Crippen molar-refractivity contribution < 1.29 is 18.8 Å². The van der Waals surface area contributed by atoms with E-state index in [4.69, 9.17) is 9.98 Å². The second-order valence-corrected chi connectivity index (χ2v) is 9.23. The standard InChI is InChI=1S/C32H22BF2N3O2/c34-33(35)38-30(24-13-17-26(40)18-14-24)20-28(22-9-5-2-6-10-22)32(38)37-31-27(21-7-3-1-4-8-21)19-29(36-31)23-11-15-25(39)16-12-23/h1-20,39-40H. The monoisotopic (exact) mass is 529 g/mol.